The van der Waals surface area contributed by atoms with Crippen molar-refractivity contribution in [1.29, 1.82) is 0 Å². The summed E-state index contributed by atoms with van der Waals surface area (Å²) in [7, 11) is 3.02. The maximum absolute atomic E-state index is 11.4. The van der Waals surface area contributed by atoms with Crippen LogP contribution in [0.25, 0.3) is 0 Å². The predicted octanol–water partition coefficient (Wildman–Crippen LogP) is -2.09. The Labute approximate surface area is 128 Å². The van der Waals surface area contributed by atoms with Gasteiger partial charge in [-0.3, -0.25) is 4.79 Å². The van der Waals surface area contributed by atoms with Crippen LogP contribution >= 0.6 is 0 Å². The molecule has 0 radical (unpaired) electrons. The van der Waals surface area contributed by atoms with Crippen LogP contribution in [-0.2, 0) is 4.79 Å². The molecule has 0 unspecified atom stereocenters. The molecule has 0 aliphatic carbocycles. The van der Waals surface area contributed by atoms with E-state index < -0.39 is 5.91 Å². The molecule has 1 amide bonds. The molecule has 5 nitrogen and oxygen atoms in total. The first-order valence-corrected chi connectivity index (χ1v) is 4.95. The molecule has 6 heteroatoms. The van der Waals surface area contributed by atoms with Gasteiger partial charge in [0, 0.05) is 6.07 Å². The molecule has 92 valence electrons. The maximum atomic E-state index is 11.4. The standard InChI is InChI=1S/C12H15NO4.Na/c1-8(14)6-12(15)13-10-7-9(16-2)4-5-11(10)17-3;/h4-7,14H,1-3H3,(H,13,15);/q;+1/p-1/b8-6-;. The van der Waals surface area contributed by atoms with Crippen molar-refractivity contribution in [2.75, 3.05) is 19.5 Å². The molecule has 0 fully saturated rings. The number of carbonyl (C=O) groups is 1. The number of rotatable bonds is 4. The molecule has 1 rings (SSSR count). The van der Waals surface area contributed by atoms with E-state index in [0.29, 0.717) is 17.2 Å². The molecule has 0 bridgehead atoms. The summed E-state index contributed by atoms with van der Waals surface area (Å²) in [5.41, 5.74) is 0.453. The average molecular weight is 259 g/mol. The number of amides is 1. The number of carbonyl (C=O) groups excluding carboxylic acids is 1. The molecule has 18 heavy (non-hydrogen) atoms. The van der Waals surface area contributed by atoms with Crippen molar-refractivity contribution < 1.29 is 48.9 Å². The van der Waals surface area contributed by atoms with Crippen molar-refractivity contribution in [1.82, 2.24) is 0 Å². The van der Waals surface area contributed by atoms with Gasteiger partial charge in [-0.1, -0.05) is 6.92 Å². The predicted molar refractivity (Wildman–Crippen MR) is 61.9 cm³/mol. The first kappa shape index (κ1) is 16.8. The molecule has 0 saturated carbocycles. The third-order valence-corrected chi connectivity index (χ3v) is 2.00. The van der Waals surface area contributed by atoms with Crippen molar-refractivity contribution in [3.8, 4) is 11.5 Å². The topological polar surface area (TPSA) is 70.6 Å². The Kier molecular flexibility index (Phi) is 7.50. The van der Waals surface area contributed by atoms with Crippen molar-refractivity contribution in [3.63, 3.8) is 0 Å². The van der Waals surface area contributed by atoms with Crippen LogP contribution in [0.2, 0.25) is 0 Å². The van der Waals surface area contributed by atoms with Gasteiger partial charge in [0.25, 0.3) is 0 Å². The van der Waals surface area contributed by atoms with Crippen LogP contribution in [-0.4, -0.2) is 20.1 Å². The van der Waals surface area contributed by atoms with Crippen molar-refractivity contribution in [2.24, 2.45) is 0 Å². The van der Waals surface area contributed by atoms with Gasteiger partial charge in [-0.25, -0.2) is 0 Å². The fourth-order valence-corrected chi connectivity index (χ4v) is 1.27. The molecular weight excluding hydrogens is 245 g/mol. The second kappa shape index (κ2) is 8.02. The second-order valence-electron chi connectivity index (χ2n) is 3.31. The Morgan fingerprint density at radius 2 is 2.00 bits per heavy atom. The Bertz CT molecular complexity index is 442. The van der Waals surface area contributed by atoms with Crippen LogP contribution in [0.3, 0.4) is 0 Å². The van der Waals surface area contributed by atoms with Crippen molar-refractivity contribution >= 4 is 11.6 Å². The summed E-state index contributed by atoms with van der Waals surface area (Å²) in [4.78, 5) is 11.4. The monoisotopic (exact) mass is 259 g/mol. The van der Waals surface area contributed by atoms with Gasteiger partial charge in [0.1, 0.15) is 11.5 Å². The zero-order chi connectivity index (χ0) is 12.8. The summed E-state index contributed by atoms with van der Waals surface area (Å²) < 4.78 is 10.1. The number of benzene rings is 1. The van der Waals surface area contributed by atoms with Gasteiger partial charge in [-0.05, 0) is 18.2 Å². The van der Waals surface area contributed by atoms with Gasteiger partial charge in [-0.15, -0.1) is 5.76 Å². The number of allylic oxidation sites excluding steroid dienone is 1. The van der Waals surface area contributed by atoms with Crippen molar-refractivity contribution in [3.05, 3.63) is 30.0 Å². The van der Waals surface area contributed by atoms with Crippen LogP contribution in [0.5, 0.6) is 11.5 Å². The normalized spacial score (nSPS) is 10.3. The number of ether oxygens (including phenoxy) is 2. The zero-order valence-electron chi connectivity index (χ0n) is 10.9. The SMILES string of the molecule is COc1ccc(OC)c(NC(=O)/C=C(/C)[O-])c1.[Na+]. The quantitative estimate of drug-likeness (QED) is 0.382. The molecule has 0 aliphatic rings. The molecule has 1 aromatic carbocycles. The van der Waals surface area contributed by atoms with Gasteiger partial charge in [0.2, 0.25) is 5.91 Å². The van der Waals surface area contributed by atoms with Gasteiger partial charge in [0.15, 0.2) is 0 Å². The average Bonchev–Trinajstić information content (AvgIpc) is 2.27. The van der Waals surface area contributed by atoms with Gasteiger partial charge < -0.3 is 19.9 Å². The fraction of sp³-hybridized carbons (Fsp3) is 0.250. The van der Waals surface area contributed by atoms with Crippen molar-refractivity contribution in [2.45, 2.75) is 6.92 Å². The molecule has 0 aromatic heterocycles. The number of anilines is 1. The Balaban J connectivity index is 0.00000289. The Morgan fingerprint density at radius 3 is 2.50 bits per heavy atom. The Morgan fingerprint density at radius 1 is 1.33 bits per heavy atom. The fourth-order valence-electron chi connectivity index (χ4n) is 1.27. The summed E-state index contributed by atoms with van der Waals surface area (Å²) in [6.07, 6.45) is 0.971. The second-order valence-corrected chi connectivity index (χ2v) is 3.31. The van der Waals surface area contributed by atoms with Gasteiger partial charge >= 0.3 is 29.6 Å². The summed E-state index contributed by atoms with van der Waals surface area (Å²) in [6, 6.07) is 5.00. The molecular formula is C12H14NNaO4. The van der Waals surface area contributed by atoms with Crippen LogP contribution in [0.1, 0.15) is 6.92 Å². The molecule has 0 atom stereocenters. The van der Waals surface area contributed by atoms with E-state index in [-0.39, 0.29) is 35.3 Å². The number of methoxy groups -OCH3 is 2. The van der Waals surface area contributed by atoms with E-state index in [9.17, 15) is 9.90 Å². The van der Waals surface area contributed by atoms with E-state index in [1.807, 2.05) is 0 Å². The summed E-state index contributed by atoms with van der Waals surface area (Å²) in [5.74, 6) is 0.272. The summed E-state index contributed by atoms with van der Waals surface area (Å²) in [6.45, 7) is 1.31. The molecule has 0 saturated heterocycles. The van der Waals surface area contributed by atoms with Gasteiger partial charge in [0.05, 0.1) is 19.9 Å². The van der Waals surface area contributed by atoms with Gasteiger partial charge in [-0.2, -0.15) is 0 Å². The molecule has 1 aromatic rings. The van der Waals surface area contributed by atoms with E-state index in [4.69, 9.17) is 9.47 Å². The minimum atomic E-state index is -0.496. The summed E-state index contributed by atoms with van der Waals surface area (Å²) in [5, 5.41) is 13.3. The molecule has 1 N–H and O–H groups in total. The van der Waals surface area contributed by atoms with E-state index in [1.54, 1.807) is 18.2 Å². The third kappa shape index (κ3) is 5.00. The smallest absolute Gasteiger partial charge is 0.875 e. The van der Waals surface area contributed by atoms with Crippen LogP contribution in [0.15, 0.2) is 30.0 Å². The Hall–Kier alpha value is -1.17. The maximum Gasteiger partial charge on any atom is 1.00 e. The van der Waals surface area contributed by atoms with E-state index >= 15 is 0 Å². The number of hydrogen-bond acceptors (Lipinski definition) is 4. The number of hydrogen-bond donors (Lipinski definition) is 1. The molecule has 0 spiro atoms. The molecule has 0 aliphatic heterocycles. The minimum Gasteiger partial charge on any atom is -0.875 e. The largest absolute Gasteiger partial charge is 1.00 e. The van der Waals surface area contributed by atoms with Crippen LogP contribution in [0, 0.1) is 0 Å². The number of nitrogens with one attached hydrogen (secondary N) is 1. The van der Waals surface area contributed by atoms with Crippen LogP contribution in [0.4, 0.5) is 5.69 Å². The minimum absolute atomic E-state index is 0. The third-order valence-electron chi connectivity index (χ3n) is 2.00. The van der Waals surface area contributed by atoms with E-state index in [0.717, 1.165) is 6.08 Å². The first-order chi connectivity index (χ1) is 8.06. The van der Waals surface area contributed by atoms with E-state index in [2.05, 4.69) is 5.32 Å². The van der Waals surface area contributed by atoms with Crippen LogP contribution < -0.4 is 49.5 Å². The zero-order valence-corrected chi connectivity index (χ0v) is 12.9. The van der Waals surface area contributed by atoms with E-state index in [1.165, 1.54) is 21.1 Å². The summed E-state index contributed by atoms with van der Waals surface area (Å²) >= 11 is 0. The first-order valence-electron chi connectivity index (χ1n) is 4.95. The molecule has 0 heterocycles.